The minimum atomic E-state index is 0.317. The topological polar surface area (TPSA) is 49.2 Å². The summed E-state index contributed by atoms with van der Waals surface area (Å²) in [7, 11) is 0. The van der Waals surface area contributed by atoms with Crippen molar-refractivity contribution < 1.29 is 5.11 Å². The number of likely N-dealkylation sites (tertiary alicyclic amines) is 1. The summed E-state index contributed by atoms with van der Waals surface area (Å²) in [4.78, 5) is 3.49. The first-order valence-corrected chi connectivity index (χ1v) is 4.75. The Balaban J connectivity index is 1.77. The van der Waals surface area contributed by atoms with Gasteiger partial charge in [-0.1, -0.05) is 4.49 Å². The highest BCUT2D eigenvalue weighted by Crippen LogP contribution is 2.18. The summed E-state index contributed by atoms with van der Waals surface area (Å²) in [6.45, 7) is 3.27. The number of hydrogen-bond donors (Lipinski definition) is 1. The van der Waals surface area contributed by atoms with Crippen LogP contribution in [0.4, 0.5) is 0 Å². The van der Waals surface area contributed by atoms with Crippen molar-refractivity contribution in [3.63, 3.8) is 0 Å². The highest BCUT2D eigenvalue weighted by molar-refractivity contribution is 7.05. The van der Waals surface area contributed by atoms with Gasteiger partial charge >= 0.3 is 0 Å². The van der Waals surface area contributed by atoms with Gasteiger partial charge in [0.1, 0.15) is 0 Å². The molecule has 0 amide bonds. The molecule has 0 bridgehead atoms. The Bertz CT molecular complexity index is 233. The second kappa shape index (κ2) is 3.47. The van der Waals surface area contributed by atoms with Crippen molar-refractivity contribution in [2.75, 3.05) is 19.7 Å². The van der Waals surface area contributed by atoms with Crippen molar-refractivity contribution in [1.82, 2.24) is 14.5 Å². The molecule has 0 radical (unpaired) electrons. The fourth-order valence-electron chi connectivity index (χ4n) is 1.40. The average molecular weight is 185 g/mol. The number of rotatable bonds is 3. The third-order valence-electron chi connectivity index (χ3n) is 2.08. The number of nitrogens with zero attached hydrogens (tertiary/aromatic N) is 3. The second-order valence-corrected chi connectivity index (χ2v) is 4.00. The van der Waals surface area contributed by atoms with Crippen LogP contribution >= 0.6 is 11.5 Å². The largest absolute Gasteiger partial charge is 0.396 e. The maximum Gasteiger partial charge on any atom is 0.0666 e. The molecule has 66 valence electrons. The van der Waals surface area contributed by atoms with Gasteiger partial charge in [-0.2, -0.15) is 0 Å². The molecule has 2 rings (SSSR count). The van der Waals surface area contributed by atoms with Crippen molar-refractivity contribution in [3.8, 4) is 0 Å². The molecule has 1 N–H and O–H groups in total. The fraction of sp³-hybridized carbons (Fsp3) is 0.714. The Morgan fingerprint density at radius 3 is 3.08 bits per heavy atom. The molecule has 0 saturated carbocycles. The molecule has 5 heteroatoms. The SMILES string of the molecule is OCC1CN(Cc2cnns2)C1. The summed E-state index contributed by atoms with van der Waals surface area (Å²) >= 11 is 1.44. The van der Waals surface area contributed by atoms with E-state index in [0.717, 1.165) is 19.6 Å². The molecule has 1 aliphatic heterocycles. The van der Waals surface area contributed by atoms with Crippen LogP contribution in [-0.4, -0.2) is 39.3 Å². The molecule has 1 fully saturated rings. The van der Waals surface area contributed by atoms with Crippen molar-refractivity contribution in [1.29, 1.82) is 0 Å². The minimum absolute atomic E-state index is 0.317. The zero-order chi connectivity index (χ0) is 8.39. The zero-order valence-electron chi connectivity index (χ0n) is 6.68. The van der Waals surface area contributed by atoms with Gasteiger partial charge in [-0.05, 0) is 11.5 Å². The molecule has 0 unspecified atom stereocenters. The van der Waals surface area contributed by atoms with Crippen LogP contribution in [0, 0.1) is 5.92 Å². The molecule has 2 heterocycles. The van der Waals surface area contributed by atoms with E-state index in [9.17, 15) is 0 Å². The lowest BCUT2D eigenvalue weighted by Crippen LogP contribution is -2.47. The molecule has 1 saturated heterocycles. The molecule has 12 heavy (non-hydrogen) atoms. The van der Waals surface area contributed by atoms with E-state index in [1.807, 2.05) is 0 Å². The van der Waals surface area contributed by atoms with Gasteiger partial charge in [0.05, 0.1) is 11.1 Å². The van der Waals surface area contributed by atoms with Crippen molar-refractivity contribution in [3.05, 3.63) is 11.1 Å². The van der Waals surface area contributed by atoms with Gasteiger partial charge in [0.25, 0.3) is 0 Å². The van der Waals surface area contributed by atoms with Crippen LogP contribution in [0.25, 0.3) is 0 Å². The first-order chi connectivity index (χ1) is 5.88. The van der Waals surface area contributed by atoms with Crippen LogP contribution in [0.3, 0.4) is 0 Å². The lowest BCUT2D eigenvalue weighted by atomic mass is 10.0. The lowest BCUT2D eigenvalue weighted by molar-refractivity contribution is 0.0486. The third-order valence-corrected chi connectivity index (χ3v) is 2.72. The highest BCUT2D eigenvalue weighted by atomic mass is 32.1. The monoisotopic (exact) mass is 185 g/mol. The number of aliphatic hydroxyl groups excluding tert-OH is 1. The molecule has 1 aromatic rings. The summed E-state index contributed by atoms with van der Waals surface area (Å²) < 4.78 is 3.79. The van der Waals surface area contributed by atoms with Gasteiger partial charge in [0.15, 0.2) is 0 Å². The number of aliphatic hydroxyl groups is 1. The number of hydrogen-bond acceptors (Lipinski definition) is 5. The molecular weight excluding hydrogens is 174 g/mol. The molecular formula is C7H11N3OS. The van der Waals surface area contributed by atoms with Crippen LogP contribution in [-0.2, 0) is 6.54 Å². The predicted octanol–water partition coefficient (Wildman–Crippen LogP) is -0.0378. The van der Waals surface area contributed by atoms with Crippen LogP contribution < -0.4 is 0 Å². The molecule has 0 spiro atoms. The van der Waals surface area contributed by atoms with Crippen LogP contribution in [0.5, 0.6) is 0 Å². The Hall–Kier alpha value is -0.520. The van der Waals surface area contributed by atoms with Crippen molar-refractivity contribution in [2.24, 2.45) is 5.92 Å². The van der Waals surface area contributed by atoms with Gasteiger partial charge in [-0.15, -0.1) is 5.10 Å². The molecule has 0 atom stereocenters. The van der Waals surface area contributed by atoms with Crippen LogP contribution in [0.1, 0.15) is 4.88 Å². The van der Waals surface area contributed by atoms with E-state index in [4.69, 9.17) is 5.11 Å². The quantitative estimate of drug-likeness (QED) is 0.718. The predicted molar refractivity (Wildman–Crippen MR) is 45.8 cm³/mol. The van der Waals surface area contributed by atoms with Crippen molar-refractivity contribution in [2.45, 2.75) is 6.54 Å². The molecule has 0 aromatic carbocycles. The summed E-state index contributed by atoms with van der Waals surface area (Å²) in [6.07, 6.45) is 1.80. The molecule has 1 aliphatic rings. The van der Waals surface area contributed by atoms with E-state index in [1.54, 1.807) is 6.20 Å². The van der Waals surface area contributed by atoms with Gasteiger partial charge in [-0.25, -0.2) is 0 Å². The van der Waals surface area contributed by atoms with E-state index in [1.165, 1.54) is 16.4 Å². The number of aromatic nitrogens is 2. The zero-order valence-corrected chi connectivity index (χ0v) is 7.50. The molecule has 1 aromatic heterocycles. The summed E-state index contributed by atoms with van der Waals surface area (Å²) in [6, 6.07) is 0. The standard InChI is InChI=1S/C7H11N3OS/c11-5-6-2-10(3-6)4-7-1-8-9-12-7/h1,6,11H,2-5H2. The summed E-state index contributed by atoms with van der Waals surface area (Å²) in [5, 5.41) is 12.5. The Kier molecular flexibility index (Phi) is 2.34. The average Bonchev–Trinajstić information content (AvgIpc) is 2.47. The lowest BCUT2D eigenvalue weighted by Gasteiger charge is -2.37. The normalized spacial score (nSPS) is 19.4. The van der Waals surface area contributed by atoms with Gasteiger partial charge in [-0.3, -0.25) is 4.90 Å². The minimum Gasteiger partial charge on any atom is -0.396 e. The maximum absolute atomic E-state index is 8.78. The maximum atomic E-state index is 8.78. The third kappa shape index (κ3) is 1.63. The smallest absolute Gasteiger partial charge is 0.0666 e. The van der Waals surface area contributed by atoms with Crippen LogP contribution in [0.2, 0.25) is 0 Å². The van der Waals surface area contributed by atoms with Crippen molar-refractivity contribution >= 4 is 11.5 Å². The van der Waals surface area contributed by atoms with Gasteiger partial charge < -0.3 is 5.11 Å². The summed E-state index contributed by atoms with van der Waals surface area (Å²) in [5.74, 6) is 0.492. The fourth-order valence-corrected chi connectivity index (χ4v) is 1.93. The summed E-state index contributed by atoms with van der Waals surface area (Å²) in [5.41, 5.74) is 0. The Morgan fingerprint density at radius 1 is 1.67 bits per heavy atom. The Labute approximate surface area is 75.0 Å². The van der Waals surface area contributed by atoms with Crippen LogP contribution in [0.15, 0.2) is 6.20 Å². The van der Waals surface area contributed by atoms with E-state index in [0.29, 0.717) is 12.5 Å². The second-order valence-electron chi connectivity index (χ2n) is 3.13. The van der Waals surface area contributed by atoms with Gasteiger partial charge in [0, 0.05) is 32.2 Å². The molecule has 4 nitrogen and oxygen atoms in total. The van der Waals surface area contributed by atoms with E-state index in [-0.39, 0.29) is 0 Å². The molecule has 0 aliphatic carbocycles. The van der Waals surface area contributed by atoms with Gasteiger partial charge in [0.2, 0.25) is 0 Å². The van der Waals surface area contributed by atoms with E-state index < -0.39 is 0 Å². The Morgan fingerprint density at radius 2 is 2.50 bits per heavy atom. The highest BCUT2D eigenvalue weighted by Gasteiger charge is 2.25. The van der Waals surface area contributed by atoms with E-state index >= 15 is 0 Å². The van der Waals surface area contributed by atoms with E-state index in [2.05, 4.69) is 14.5 Å². The first-order valence-electron chi connectivity index (χ1n) is 3.98. The first kappa shape index (κ1) is 8.10.